The second kappa shape index (κ2) is 8.22. The lowest BCUT2D eigenvalue weighted by molar-refractivity contribution is -0.147. The van der Waals surface area contributed by atoms with Gasteiger partial charge < -0.3 is 10.0 Å². The van der Waals surface area contributed by atoms with Crippen molar-refractivity contribution in [2.24, 2.45) is 5.92 Å². The number of hydrogen-bond acceptors (Lipinski definition) is 5. The molecule has 1 N–H and O–H groups in total. The number of carbonyl (C=O) groups is 3. The van der Waals surface area contributed by atoms with Gasteiger partial charge in [0.05, 0.1) is 10.8 Å². The Hall–Kier alpha value is -2.19. The molecule has 0 radical (unpaired) electrons. The summed E-state index contributed by atoms with van der Waals surface area (Å²) in [6.07, 6.45) is 2.63. The van der Waals surface area contributed by atoms with Gasteiger partial charge in [0.1, 0.15) is 10.4 Å². The number of amides is 2. The Labute approximate surface area is 167 Å². The molecule has 1 unspecified atom stereocenters. The quantitative estimate of drug-likeness (QED) is 0.614. The van der Waals surface area contributed by atoms with Gasteiger partial charge in [-0.3, -0.25) is 19.3 Å². The minimum atomic E-state index is -0.821. The second-order valence-corrected chi connectivity index (χ2v) is 8.25. The first-order chi connectivity index (χ1) is 12.9. The molecule has 0 bridgehead atoms. The van der Waals surface area contributed by atoms with Gasteiger partial charge in [0.15, 0.2) is 0 Å². The molecule has 2 saturated heterocycles. The third-order valence-corrected chi connectivity index (χ3v) is 6.15. The van der Waals surface area contributed by atoms with E-state index in [1.54, 1.807) is 17.9 Å². The van der Waals surface area contributed by atoms with Crippen molar-refractivity contribution in [1.82, 2.24) is 9.80 Å². The molecule has 2 heterocycles. The Morgan fingerprint density at radius 1 is 1.26 bits per heavy atom. The summed E-state index contributed by atoms with van der Waals surface area (Å²) in [4.78, 5) is 40.2. The first-order valence-corrected chi connectivity index (χ1v) is 9.94. The normalized spacial score (nSPS) is 21.0. The molecular weight excluding hydrogens is 384 g/mol. The van der Waals surface area contributed by atoms with Gasteiger partial charge >= 0.3 is 5.97 Å². The fourth-order valence-corrected chi connectivity index (χ4v) is 4.65. The number of nitrogens with zero attached hydrogens (tertiary/aromatic N) is 2. The van der Waals surface area contributed by atoms with Crippen LogP contribution < -0.4 is 0 Å². The van der Waals surface area contributed by atoms with Crippen LogP contribution in [0.5, 0.6) is 0 Å². The third-order valence-electron chi connectivity index (χ3n) is 4.82. The van der Waals surface area contributed by atoms with Gasteiger partial charge in [0.25, 0.3) is 5.91 Å². The molecule has 2 aliphatic heterocycles. The predicted octanol–water partition coefficient (Wildman–Crippen LogP) is 2.60. The van der Waals surface area contributed by atoms with Gasteiger partial charge in [0.2, 0.25) is 5.91 Å². The van der Waals surface area contributed by atoms with Crippen LogP contribution in [0.3, 0.4) is 0 Å². The lowest BCUT2D eigenvalue weighted by Crippen LogP contribution is -2.51. The number of piperidine rings is 1. The molecule has 6 nitrogen and oxygen atoms in total. The van der Waals surface area contributed by atoms with E-state index in [1.807, 2.05) is 30.3 Å². The molecule has 27 heavy (non-hydrogen) atoms. The van der Waals surface area contributed by atoms with Crippen molar-refractivity contribution in [2.45, 2.75) is 25.8 Å². The first-order valence-electron chi connectivity index (χ1n) is 8.72. The summed E-state index contributed by atoms with van der Waals surface area (Å²) in [7, 11) is 0. The Balaban J connectivity index is 1.69. The zero-order valence-corrected chi connectivity index (χ0v) is 16.5. The summed E-state index contributed by atoms with van der Waals surface area (Å²) in [6.45, 7) is 2.44. The molecule has 3 rings (SSSR count). The lowest BCUT2D eigenvalue weighted by atomic mass is 9.96. The molecule has 2 aliphatic rings. The summed E-state index contributed by atoms with van der Waals surface area (Å²) in [6, 6.07) is 8.76. The number of likely N-dealkylation sites (tertiary alicyclic amines) is 1. The second-order valence-electron chi connectivity index (χ2n) is 6.58. The van der Waals surface area contributed by atoms with E-state index in [0.717, 1.165) is 5.56 Å². The van der Waals surface area contributed by atoms with Crippen LogP contribution in [0.15, 0.2) is 35.2 Å². The van der Waals surface area contributed by atoms with Gasteiger partial charge in [-0.1, -0.05) is 54.3 Å². The number of thioether (sulfide) groups is 1. The van der Waals surface area contributed by atoms with Crippen LogP contribution in [0.1, 0.15) is 25.3 Å². The molecule has 1 atom stereocenters. The molecule has 2 amide bonds. The average molecular weight is 405 g/mol. The van der Waals surface area contributed by atoms with E-state index in [0.29, 0.717) is 35.2 Å². The minimum Gasteiger partial charge on any atom is -0.481 e. The molecule has 1 aromatic rings. The van der Waals surface area contributed by atoms with Crippen LogP contribution in [0.2, 0.25) is 0 Å². The molecule has 0 aromatic heterocycles. The van der Waals surface area contributed by atoms with Crippen molar-refractivity contribution in [3.8, 4) is 0 Å². The summed E-state index contributed by atoms with van der Waals surface area (Å²) in [5.41, 5.74) is 0.896. The molecule has 0 saturated carbocycles. The van der Waals surface area contributed by atoms with Crippen LogP contribution in [0.25, 0.3) is 6.08 Å². The highest BCUT2D eigenvalue weighted by Crippen LogP contribution is 2.34. The highest BCUT2D eigenvalue weighted by Gasteiger charge is 2.40. The van der Waals surface area contributed by atoms with Crippen molar-refractivity contribution in [3.05, 3.63) is 40.8 Å². The standard InChI is InChI=1S/C19H20N2O4S2/c1-12(16(22)20-9-7-14(8-10-20)18(24)25)21-17(23)15(27-19(21)26)11-13-5-3-2-4-6-13/h2-6,11-12,14H,7-10H2,1H3,(H,24,25). The van der Waals surface area contributed by atoms with Crippen LogP contribution in [-0.4, -0.2) is 56.1 Å². The van der Waals surface area contributed by atoms with E-state index in [4.69, 9.17) is 17.3 Å². The van der Waals surface area contributed by atoms with E-state index in [1.165, 1.54) is 16.7 Å². The largest absolute Gasteiger partial charge is 0.481 e. The fraction of sp³-hybridized carbons (Fsp3) is 0.368. The van der Waals surface area contributed by atoms with Gasteiger partial charge in [0, 0.05) is 13.1 Å². The third kappa shape index (κ3) is 4.22. The highest BCUT2D eigenvalue weighted by molar-refractivity contribution is 8.26. The van der Waals surface area contributed by atoms with Gasteiger partial charge in [-0.15, -0.1) is 0 Å². The molecule has 1 aromatic carbocycles. The van der Waals surface area contributed by atoms with E-state index >= 15 is 0 Å². The van der Waals surface area contributed by atoms with E-state index in [9.17, 15) is 14.4 Å². The Morgan fingerprint density at radius 3 is 2.48 bits per heavy atom. The first kappa shape index (κ1) is 19.6. The van der Waals surface area contributed by atoms with Crippen LogP contribution in [-0.2, 0) is 14.4 Å². The Kier molecular flexibility index (Phi) is 5.96. The maximum Gasteiger partial charge on any atom is 0.306 e. The number of carbonyl (C=O) groups excluding carboxylic acids is 2. The van der Waals surface area contributed by atoms with Gasteiger partial charge in [-0.2, -0.15) is 0 Å². The van der Waals surface area contributed by atoms with E-state index in [2.05, 4.69) is 0 Å². The van der Waals surface area contributed by atoms with E-state index in [-0.39, 0.29) is 11.8 Å². The number of thiocarbonyl (C=S) groups is 1. The SMILES string of the molecule is CC(C(=O)N1CCC(C(=O)O)CC1)N1C(=O)C(=Cc2ccccc2)SC1=S. The average Bonchev–Trinajstić information content (AvgIpc) is 2.94. The van der Waals surface area contributed by atoms with Crippen molar-refractivity contribution < 1.29 is 19.5 Å². The van der Waals surface area contributed by atoms with E-state index < -0.39 is 17.9 Å². The van der Waals surface area contributed by atoms with Crippen molar-refractivity contribution in [1.29, 1.82) is 0 Å². The monoisotopic (exact) mass is 404 g/mol. The molecular formula is C19H20N2O4S2. The minimum absolute atomic E-state index is 0.198. The number of carboxylic acids is 1. The van der Waals surface area contributed by atoms with Crippen molar-refractivity contribution in [3.63, 3.8) is 0 Å². The van der Waals surface area contributed by atoms with Gasteiger partial charge in [-0.05, 0) is 31.4 Å². The summed E-state index contributed by atoms with van der Waals surface area (Å²) in [5, 5.41) is 9.08. The zero-order valence-electron chi connectivity index (χ0n) is 14.8. The maximum atomic E-state index is 12.8. The summed E-state index contributed by atoms with van der Waals surface area (Å²) < 4.78 is 0.364. The fourth-order valence-electron chi connectivity index (χ4n) is 3.24. The molecule has 0 spiro atoms. The molecule has 2 fully saturated rings. The zero-order chi connectivity index (χ0) is 19.6. The van der Waals surface area contributed by atoms with Crippen LogP contribution >= 0.6 is 24.0 Å². The maximum absolute atomic E-state index is 12.8. The Bertz CT molecular complexity index is 801. The van der Waals surface area contributed by atoms with Crippen molar-refractivity contribution >= 4 is 52.2 Å². The molecule has 142 valence electrons. The Morgan fingerprint density at radius 2 is 1.89 bits per heavy atom. The topological polar surface area (TPSA) is 77.9 Å². The molecule has 8 heteroatoms. The van der Waals surface area contributed by atoms with Crippen LogP contribution in [0.4, 0.5) is 0 Å². The number of rotatable bonds is 4. The smallest absolute Gasteiger partial charge is 0.306 e. The lowest BCUT2D eigenvalue weighted by Gasteiger charge is -2.34. The number of carboxylic acid groups (broad SMARTS) is 1. The van der Waals surface area contributed by atoms with Gasteiger partial charge in [-0.25, -0.2) is 0 Å². The number of benzene rings is 1. The summed E-state index contributed by atoms with van der Waals surface area (Å²) >= 11 is 6.53. The van der Waals surface area contributed by atoms with Crippen LogP contribution in [0, 0.1) is 5.92 Å². The number of hydrogen-bond donors (Lipinski definition) is 1. The predicted molar refractivity (Wildman–Crippen MR) is 108 cm³/mol. The van der Waals surface area contributed by atoms with Crippen molar-refractivity contribution in [2.75, 3.05) is 13.1 Å². The highest BCUT2D eigenvalue weighted by atomic mass is 32.2. The molecule has 0 aliphatic carbocycles. The summed E-state index contributed by atoms with van der Waals surface area (Å²) in [5.74, 6) is -1.70. The number of aliphatic carboxylic acids is 1.